The Balaban J connectivity index is 2.15. The molecule has 2 aromatic rings. The van der Waals surface area contributed by atoms with Gasteiger partial charge in [-0.05, 0) is 6.07 Å². The summed E-state index contributed by atoms with van der Waals surface area (Å²) in [6.45, 7) is 7.62. The molecule has 1 aliphatic rings. The van der Waals surface area contributed by atoms with Crippen molar-refractivity contribution in [2.45, 2.75) is 25.2 Å². The number of carbonyl (C=O) groups is 1. The molecule has 0 radical (unpaired) electrons. The van der Waals surface area contributed by atoms with Gasteiger partial charge in [0.15, 0.2) is 5.78 Å². The smallest absolute Gasteiger partial charge is 0.181 e. The highest BCUT2D eigenvalue weighted by Gasteiger charge is 2.36. The third-order valence-electron chi connectivity index (χ3n) is 4.96. The van der Waals surface area contributed by atoms with Crippen molar-refractivity contribution in [2.75, 3.05) is 13.7 Å². The van der Waals surface area contributed by atoms with E-state index in [9.17, 15) is 20.1 Å². The molecule has 6 heteroatoms. The van der Waals surface area contributed by atoms with Gasteiger partial charge in [0.1, 0.15) is 40.9 Å². The lowest BCUT2D eigenvalue weighted by Gasteiger charge is -2.29. The Kier molecular flexibility index (Phi) is 4.51. The number of rotatable bonds is 4. The molecule has 1 atom stereocenters. The fraction of sp³-hybridized carbons (Fsp3) is 0.286. The van der Waals surface area contributed by atoms with Crippen LogP contribution in [-0.4, -0.2) is 34.8 Å². The molecular weight excluding hydrogens is 348 g/mol. The Morgan fingerprint density at radius 2 is 1.89 bits per heavy atom. The Morgan fingerprint density at radius 3 is 2.52 bits per heavy atom. The molecule has 0 spiro atoms. The van der Waals surface area contributed by atoms with E-state index in [0.717, 1.165) is 6.07 Å². The zero-order chi connectivity index (χ0) is 19.9. The lowest BCUT2D eigenvalue weighted by atomic mass is 9.80. The number of fused-ring (bicyclic) bond motifs is 1. The molecule has 1 aliphatic heterocycles. The summed E-state index contributed by atoms with van der Waals surface area (Å²) < 4.78 is 11.0. The average molecular weight is 370 g/mol. The maximum absolute atomic E-state index is 13.1. The van der Waals surface area contributed by atoms with Crippen molar-refractivity contribution < 1.29 is 29.6 Å². The van der Waals surface area contributed by atoms with Crippen molar-refractivity contribution in [3.05, 3.63) is 53.6 Å². The number of carbonyl (C=O) groups excluding carboxylic acids is 1. The fourth-order valence-corrected chi connectivity index (χ4v) is 3.26. The maximum atomic E-state index is 13.1. The van der Waals surface area contributed by atoms with E-state index in [-0.39, 0.29) is 41.0 Å². The summed E-state index contributed by atoms with van der Waals surface area (Å²) in [5.41, 5.74) is 0.629. The number of benzene rings is 2. The molecule has 2 aromatic carbocycles. The van der Waals surface area contributed by atoms with E-state index in [1.54, 1.807) is 12.1 Å². The number of ketones is 1. The van der Waals surface area contributed by atoms with E-state index < -0.39 is 11.3 Å². The quantitative estimate of drug-likeness (QED) is 0.711. The minimum absolute atomic E-state index is 0.0173. The van der Waals surface area contributed by atoms with Gasteiger partial charge in [0, 0.05) is 34.7 Å². The topological polar surface area (TPSA) is 96.2 Å². The van der Waals surface area contributed by atoms with Crippen molar-refractivity contribution in [3.8, 4) is 28.7 Å². The maximum Gasteiger partial charge on any atom is 0.181 e. The van der Waals surface area contributed by atoms with E-state index >= 15 is 0 Å². The number of allylic oxidation sites excluding steroid dienone is 1. The molecular formula is C21H22O6. The standard InChI is InChI=1S/C21H22O6/c1-5-21(2,3)14-8-12(17(26-4)9-15(14)23)13-10-27-18-7-11(22)6-16(24)19(18)20(13)25/h5-9,13,22-24H,1,10H2,2-4H3/t13-/m0/s1. The minimum atomic E-state index is -0.733. The Hall–Kier alpha value is -3.15. The third-order valence-corrected chi connectivity index (χ3v) is 4.96. The van der Waals surface area contributed by atoms with Gasteiger partial charge in [0.25, 0.3) is 0 Å². The number of hydrogen-bond donors (Lipinski definition) is 3. The average Bonchev–Trinajstić information content (AvgIpc) is 2.61. The highest BCUT2D eigenvalue weighted by molar-refractivity contribution is 6.07. The molecule has 6 nitrogen and oxygen atoms in total. The SMILES string of the molecule is C=CC(C)(C)c1cc([C@@H]2COc3cc(O)cc(O)c3C2=O)c(OC)cc1O. The summed E-state index contributed by atoms with van der Waals surface area (Å²) in [6.07, 6.45) is 1.71. The van der Waals surface area contributed by atoms with Gasteiger partial charge in [-0.2, -0.15) is 0 Å². The molecule has 1 heterocycles. The molecule has 0 saturated carbocycles. The van der Waals surface area contributed by atoms with Crippen LogP contribution < -0.4 is 9.47 Å². The van der Waals surface area contributed by atoms with Crippen LogP contribution in [0.1, 0.15) is 41.3 Å². The van der Waals surface area contributed by atoms with Gasteiger partial charge >= 0.3 is 0 Å². The van der Waals surface area contributed by atoms with Crippen molar-refractivity contribution in [2.24, 2.45) is 0 Å². The summed E-state index contributed by atoms with van der Waals surface area (Å²) in [7, 11) is 1.45. The van der Waals surface area contributed by atoms with Crippen molar-refractivity contribution >= 4 is 5.78 Å². The van der Waals surface area contributed by atoms with Crippen LogP contribution in [0.25, 0.3) is 0 Å². The molecule has 0 amide bonds. The summed E-state index contributed by atoms with van der Waals surface area (Å²) in [6, 6.07) is 5.58. The number of hydrogen-bond acceptors (Lipinski definition) is 6. The van der Waals surface area contributed by atoms with Gasteiger partial charge in [-0.1, -0.05) is 19.9 Å². The summed E-state index contributed by atoms with van der Waals surface area (Å²) in [5.74, 6) is -1.09. The van der Waals surface area contributed by atoms with Gasteiger partial charge < -0.3 is 24.8 Å². The lowest BCUT2D eigenvalue weighted by Crippen LogP contribution is -2.27. The molecule has 0 saturated heterocycles. The Morgan fingerprint density at radius 1 is 1.19 bits per heavy atom. The van der Waals surface area contributed by atoms with Gasteiger partial charge in [0.2, 0.25) is 0 Å². The monoisotopic (exact) mass is 370 g/mol. The Bertz CT molecular complexity index is 929. The molecule has 0 fully saturated rings. The predicted molar refractivity (Wildman–Crippen MR) is 100 cm³/mol. The Labute approximate surface area is 157 Å². The van der Waals surface area contributed by atoms with E-state index in [1.807, 2.05) is 13.8 Å². The molecule has 3 N–H and O–H groups in total. The first-order chi connectivity index (χ1) is 12.7. The highest BCUT2D eigenvalue weighted by Crippen LogP contribution is 2.44. The van der Waals surface area contributed by atoms with Crippen molar-refractivity contribution in [1.29, 1.82) is 0 Å². The minimum Gasteiger partial charge on any atom is -0.508 e. The summed E-state index contributed by atoms with van der Waals surface area (Å²) in [5, 5.41) is 30.1. The number of ether oxygens (including phenoxy) is 2. The van der Waals surface area contributed by atoms with Gasteiger partial charge in [-0.15, -0.1) is 6.58 Å². The van der Waals surface area contributed by atoms with Crippen LogP contribution in [0, 0.1) is 0 Å². The first-order valence-electron chi connectivity index (χ1n) is 8.47. The van der Waals surface area contributed by atoms with Crippen LogP contribution in [0.5, 0.6) is 28.7 Å². The molecule has 27 heavy (non-hydrogen) atoms. The van der Waals surface area contributed by atoms with Gasteiger partial charge in [0.05, 0.1) is 13.0 Å². The van der Waals surface area contributed by atoms with E-state index in [4.69, 9.17) is 9.47 Å². The molecule has 0 aliphatic carbocycles. The third kappa shape index (κ3) is 3.07. The number of methoxy groups -OCH3 is 1. The van der Waals surface area contributed by atoms with Gasteiger partial charge in [-0.25, -0.2) is 0 Å². The molecule has 0 bridgehead atoms. The lowest BCUT2D eigenvalue weighted by molar-refractivity contribution is 0.0889. The van der Waals surface area contributed by atoms with Crippen LogP contribution in [0.2, 0.25) is 0 Å². The largest absolute Gasteiger partial charge is 0.508 e. The molecule has 0 unspecified atom stereocenters. The zero-order valence-electron chi connectivity index (χ0n) is 15.4. The second-order valence-corrected chi connectivity index (χ2v) is 7.10. The predicted octanol–water partition coefficient (Wildman–Crippen LogP) is 3.63. The van der Waals surface area contributed by atoms with Crippen molar-refractivity contribution in [3.63, 3.8) is 0 Å². The van der Waals surface area contributed by atoms with Crippen LogP contribution in [-0.2, 0) is 5.41 Å². The molecule has 0 aromatic heterocycles. The first kappa shape index (κ1) is 18.6. The van der Waals surface area contributed by atoms with E-state index in [2.05, 4.69) is 6.58 Å². The zero-order valence-corrected chi connectivity index (χ0v) is 15.4. The molecule has 3 rings (SSSR count). The number of phenols is 3. The van der Waals surface area contributed by atoms with E-state index in [1.165, 1.54) is 19.2 Å². The van der Waals surface area contributed by atoms with Gasteiger partial charge in [-0.3, -0.25) is 4.79 Å². The second-order valence-electron chi connectivity index (χ2n) is 7.10. The first-order valence-corrected chi connectivity index (χ1v) is 8.47. The second kappa shape index (κ2) is 6.54. The highest BCUT2D eigenvalue weighted by atomic mass is 16.5. The van der Waals surface area contributed by atoms with Crippen LogP contribution in [0.15, 0.2) is 36.9 Å². The summed E-state index contributed by atoms with van der Waals surface area (Å²) >= 11 is 0. The normalized spacial score (nSPS) is 16.4. The number of phenolic OH excluding ortho intramolecular Hbond substituents is 3. The van der Waals surface area contributed by atoms with Crippen LogP contribution >= 0.6 is 0 Å². The summed E-state index contributed by atoms with van der Waals surface area (Å²) in [4.78, 5) is 13.1. The molecule has 142 valence electrons. The number of aromatic hydroxyl groups is 3. The van der Waals surface area contributed by atoms with Crippen LogP contribution in [0.4, 0.5) is 0 Å². The fourth-order valence-electron chi connectivity index (χ4n) is 3.26. The van der Waals surface area contributed by atoms with Crippen LogP contribution in [0.3, 0.4) is 0 Å². The van der Waals surface area contributed by atoms with Crippen molar-refractivity contribution in [1.82, 2.24) is 0 Å². The number of Topliss-reactive ketones (excluding diaryl/α,β-unsaturated/α-hetero) is 1. The van der Waals surface area contributed by atoms with E-state index in [0.29, 0.717) is 16.9 Å².